The zero-order valence-corrected chi connectivity index (χ0v) is 16.7. The molecule has 1 heterocycles. The van der Waals surface area contributed by atoms with Gasteiger partial charge in [0.2, 0.25) is 11.8 Å². The van der Waals surface area contributed by atoms with Crippen molar-refractivity contribution < 1.29 is 9.59 Å². The predicted octanol–water partition coefficient (Wildman–Crippen LogP) is 3.67. The van der Waals surface area contributed by atoms with Crippen LogP contribution in [0.3, 0.4) is 0 Å². The van der Waals surface area contributed by atoms with Crippen molar-refractivity contribution in [1.29, 1.82) is 0 Å². The number of hydrogen-bond donors (Lipinski definition) is 1. The van der Waals surface area contributed by atoms with E-state index in [9.17, 15) is 9.59 Å². The Balaban J connectivity index is 1.72. The van der Waals surface area contributed by atoms with Gasteiger partial charge in [-0.25, -0.2) is 0 Å². The van der Waals surface area contributed by atoms with Crippen molar-refractivity contribution in [2.45, 2.75) is 27.2 Å². The van der Waals surface area contributed by atoms with Crippen LogP contribution < -0.4 is 15.1 Å². The summed E-state index contributed by atoms with van der Waals surface area (Å²) in [7, 11) is 3.97. The fraction of sp³-hybridized carbons (Fsp3) is 0.364. The van der Waals surface area contributed by atoms with Crippen LogP contribution in [0.15, 0.2) is 36.4 Å². The molecule has 142 valence electrons. The molecule has 1 aliphatic heterocycles. The molecule has 5 nitrogen and oxygen atoms in total. The lowest BCUT2D eigenvalue weighted by molar-refractivity contribution is -0.129. The van der Waals surface area contributed by atoms with Crippen LogP contribution in [-0.2, 0) is 9.59 Å². The minimum absolute atomic E-state index is 0.127. The molecule has 0 radical (unpaired) electrons. The van der Waals surface area contributed by atoms with Gasteiger partial charge >= 0.3 is 0 Å². The van der Waals surface area contributed by atoms with Gasteiger partial charge in [0.15, 0.2) is 0 Å². The highest BCUT2D eigenvalue weighted by Gasteiger charge is 2.37. The quantitative estimate of drug-likeness (QED) is 0.841. The first-order valence-electron chi connectivity index (χ1n) is 9.25. The fourth-order valence-electron chi connectivity index (χ4n) is 3.54. The molecular weight excluding hydrogens is 338 g/mol. The molecule has 0 saturated carbocycles. The van der Waals surface area contributed by atoms with Gasteiger partial charge in [0.1, 0.15) is 5.92 Å². The Morgan fingerprint density at radius 2 is 1.78 bits per heavy atom. The number of anilines is 3. The van der Waals surface area contributed by atoms with Crippen molar-refractivity contribution in [2.24, 2.45) is 5.92 Å². The molecule has 1 unspecified atom stereocenters. The largest absolute Gasteiger partial charge is 0.377 e. The first kappa shape index (κ1) is 19.0. The summed E-state index contributed by atoms with van der Waals surface area (Å²) in [5, 5.41) is 2.91. The fourth-order valence-corrected chi connectivity index (χ4v) is 3.54. The minimum Gasteiger partial charge on any atom is -0.377 e. The number of nitrogens with one attached hydrogen (secondary N) is 1. The Hall–Kier alpha value is -2.82. The first-order chi connectivity index (χ1) is 12.8. The van der Waals surface area contributed by atoms with Crippen LogP contribution in [0.2, 0.25) is 0 Å². The Labute approximate surface area is 161 Å². The van der Waals surface area contributed by atoms with Gasteiger partial charge in [0.05, 0.1) is 0 Å². The van der Waals surface area contributed by atoms with Crippen molar-refractivity contribution in [3.8, 4) is 0 Å². The van der Waals surface area contributed by atoms with E-state index in [1.807, 2.05) is 76.2 Å². The van der Waals surface area contributed by atoms with Gasteiger partial charge in [-0.1, -0.05) is 6.07 Å². The van der Waals surface area contributed by atoms with Crippen molar-refractivity contribution in [2.75, 3.05) is 35.8 Å². The number of carbonyl (C=O) groups excluding carboxylic acids is 2. The Morgan fingerprint density at radius 1 is 1.04 bits per heavy atom. The molecule has 0 bridgehead atoms. The molecule has 0 aromatic heterocycles. The second-order valence-electron chi connectivity index (χ2n) is 7.48. The van der Waals surface area contributed by atoms with Crippen LogP contribution in [0.1, 0.15) is 23.1 Å². The molecule has 1 aliphatic rings. The van der Waals surface area contributed by atoms with Crippen LogP contribution in [0.4, 0.5) is 17.1 Å². The molecule has 0 spiro atoms. The molecule has 1 N–H and O–H groups in total. The lowest BCUT2D eigenvalue weighted by atomic mass is 10.1. The summed E-state index contributed by atoms with van der Waals surface area (Å²) in [4.78, 5) is 29.2. The van der Waals surface area contributed by atoms with E-state index in [1.165, 1.54) is 5.56 Å². The predicted molar refractivity (Wildman–Crippen MR) is 111 cm³/mol. The third kappa shape index (κ3) is 3.82. The minimum atomic E-state index is -0.638. The molecule has 2 aromatic carbocycles. The maximum atomic E-state index is 12.8. The second kappa shape index (κ2) is 7.43. The van der Waals surface area contributed by atoms with E-state index in [-0.39, 0.29) is 11.8 Å². The summed E-state index contributed by atoms with van der Waals surface area (Å²) >= 11 is 0. The molecule has 1 atom stereocenters. The van der Waals surface area contributed by atoms with E-state index in [4.69, 9.17) is 0 Å². The van der Waals surface area contributed by atoms with Crippen LogP contribution in [-0.4, -0.2) is 32.5 Å². The lowest BCUT2D eigenvalue weighted by Gasteiger charge is -2.19. The Kier molecular flexibility index (Phi) is 5.22. The zero-order valence-electron chi connectivity index (χ0n) is 16.7. The van der Waals surface area contributed by atoms with Gasteiger partial charge < -0.3 is 15.1 Å². The molecule has 1 saturated heterocycles. The first-order valence-corrected chi connectivity index (χ1v) is 9.25. The summed E-state index contributed by atoms with van der Waals surface area (Å²) in [6.07, 6.45) is 0.534. The van der Waals surface area contributed by atoms with Crippen molar-refractivity contribution in [1.82, 2.24) is 0 Å². The van der Waals surface area contributed by atoms with Crippen molar-refractivity contribution in [3.63, 3.8) is 0 Å². The van der Waals surface area contributed by atoms with Gasteiger partial charge in [-0.2, -0.15) is 0 Å². The number of benzene rings is 2. The number of nitrogens with zero attached hydrogens (tertiary/aromatic N) is 2. The van der Waals surface area contributed by atoms with E-state index in [2.05, 4.69) is 5.32 Å². The maximum Gasteiger partial charge on any atom is 0.239 e. The third-order valence-corrected chi connectivity index (χ3v) is 5.27. The van der Waals surface area contributed by atoms with Gasteiger partial charge in [0.25, 0.3) is 0 Å². The topological polar surface area (TPSA) is 52.7 Å². The molecule has 5 heteroatoms. The monoisotopic (exact) mass is 365 g/mol. The number of aryl methyl sites for hydroxylation is 3. The summed E-state index contributed by atoms with van der Waals surface area (Å²) in [6, 6.07) is 11.8. The van der Waals surface area contributed by atoms with Crippen LogP contribution >= 0.6 is 0 Å². The summed E-state index contributed by atoms with van der Waals surface area (Å²) < 4.78 is 0. The number of rotatable bonds is 4. The zero-order chi connectivity index (χ0) is 19.7. The van der Waals surface area contributed by atoms with Crippen LogP contribution in [0, 0.1) is 26.7 Å². The molecule has 0 aliphatic carbocycles. The van der Waals surface area contributed by atoms with Crippen LogP contribution in [0.25, 0.3) is 0 Å². The SMILES string of the molecule is Cc1ccc(N2CCC(C(=O)Nc3ccc(N(C)C)c(C)c3)C2=O)cc1C. The van der Waals surface area contributed by atoms with Gasteiger partial charge in [-0.05, 0) is 74.2 Å². The molecular formula is C22H27N3O2. The summed E-state index contributed by atoms with van der Waals surface area (Å²) in [5.74, 6) is -0.999. The van der Waals surface area contributed by atoms with Gasteiger partial charge in [-0.3, -0.25) is 9.59 Å². The molecule has 2 aromatic rings. The van der Waals surface area contributed by atoms with Crippen LogP contribution in [0.5, 0.6) is 0 Å². The van der Waals surface area contributed by atoms with Gasteiger partial charge in [0, 0.05) is 37.7 Å². The third-order valence-electron chi connectivity index (χ3n) is 5.27. The average molecular weight is 365 g/mol. The average Bonchev–Trinajstić information content (AvgIpc) is 2.98. The highest BCUT2D eigenvalue weighted by Crippen LogP contribution is 2.28. The van der Waals surface area contributed by atoms with E-state index >= 15 is 0 Å². The normalized spacial score (nSPS) is 16.6. The summed E-state index contributed by atoms with van der Waals surface area (Å²) in [6.45, 7) is 6.65. The van der Waals surface area contributed by atoms with E-state index < -0.39 is 5.92 Å². The lowest BCUT2D eigenvalue weighted by Crippen LogP contribution is -2.33. The van der Waals surface area contributed by atoms with Crippen molar-refractivity contribution in [3.05, 3.63) is 53.1 Å². The summed E-state index contributed by atoms with van der Waals surface area (Å²) in [5.41, 5.74) is 6.10. The van der Waals surface area contributed by atoms with Gasteiger partial charge in [-0.15, -0.1) is 0 Å². The smallest absolute Gasteiger partial charge is 0.239 e. The maximum absolute atomic E-state index is 12.8. The number of amides is 2. The number of hydrogen-bond acceptors (Lipinski definition) is 3. The number of carbonyl (C=O) groups is 2. The Bertz CT molecular complexity index is 889. The highest BCUT2D eigenvalue weighted by molar-refractivity contribution is 6.13. The van der Waals surface area contributed by atoms with E-state index in [1.54, 1.807) is 4.90 Å². The molecule has 27 heavy (non-hydrogen) atoms. The van der Waals surface area contributed by atoms with E-state index in [0.717, 1.165) is 28.2 Å². The van der Waals surface area contributed by atoms with Crippen molar-refractivity contribution >= 4 is 28.9 Å². The Morgan fingerprint density at radius 3 is 2.41 bits per heavy atom. The standard InChI is InChI=1S/C22H27N3O2/c1-14-6-8-18(13-15(14)2)25-11-10-19(22(25)27)21(26)23-17-7-9-20(24(4)5)16(3)12-17/h6-9,12-13,19H,10-11H2,1-5H3,(H,23,26). The van der Waals surface area contributed by atoms with E-state index in [0.29, 0.717) is 13.0 Å². The molecule has 2 amide bonds. The second-order valence-corrected chi connectivity index (χ2v) is 7.48. The molecule has 1 fully saturated rings. The molecule has 3 rings (SSSR count). The highest BCUT2D eigenvalue weighted by atomic mass is 16.2.